The van der Waals surface area contributed by atoms with Gasteiger partial charge in [0.15, 0.2) is 0 Å². The number of hydrogen-bond acceptors (Lipinski definition) is 4. The average Bonchev–Trinajstić information content (AvgIpc) is 3.43. The van der Waals surface area contributed by atoms with Gasteiger partial charge in [-0.25, -0.2) is 4.98 Å². The summed E-state index contributed by atoms with van der Waals surface area (Å²) in [7, 11) is 0. The fraction of sp³-hybridized carbons (Fsp3) is 0.125. The summed E-state index contributed by atoms with van der Waals surface area (Å²) in [5.74, 6) is 0. The fourth-order valence-electron chi connectivity index (χ4n) is 4.24. The molecule has 1 aromatic carbocycles. The minimum absolute atomic E-state index is 0.854. The second-order valence-electron chi connectivity index (χ2n) is 7.56. The molecule has 0 bridgehead atoms. The van der Waals surface area contributed by atoms with Crippen LogP contribution in [0.15, 0.2) is 67.1 Å². The molecule has 6 nitrogen and oxygen atoms in total. The van der Waals surface area contributed by atoms with Gasteiger partial charge in [0.25, 0.3) is 0 Å². The molecular weight excluding hydrogens is 372 g/mol. The normalized spacial score (nSPS) is 14.3. The molecule has 6 heteroatoms. The van der Waals surface area contributed by atoms with Crippen molar-refractivity contribution >= 4 is 27.5 Å². The fourth-order valence-corrected chi connectivity index (χ4v) is 4.24. The molecule has 6 rings (SSSR count). The van der Waals surface area contributed by atoms with E-state index in [1.807, 2.05) is 36.8 Å². The standard InChI is InChI=1S/C24H20N6/c1-2-21-20(13-17(1)15-3-8-25-9-4-15)23(30-29-21)22-14-19-18(7-12-27-24(19)28-22)16-5-10-26-11-6-16/h1-3,5-7,10-14,25H,4,8-9H2,(H,27,28)(H,29,30). The summed E-state index contributed by atoms with van der Waals surface area (Å²) in [6.45, 7) is 1.95. The first kappa shape index (κ1) is 17.1. The van der Waals surface area contributed by atoms with Crippen LogP contribution < -0.4 is 5.32 Å². The molecule has 0 spiro atoms. The molecular formula is C24H20N6. The summed E-state index contributed by atoms with van der Waals surface area (Å²) >= 11 is 0. The molecule has 0 fully saturated rings. The van der Waals surface area contributed by atoms with E-state index < -0.39 is 0 Å². The predicted molar refractivity (Wildman–Crippen MR) is 120 cm³/mol. The van der Waals surface area contributed by atoms with Gasteiger partial charge in [0.1, 0.15) is 11.3 Å². The van der Waals surface area contributed by atoms with E-state index in [1.165, 1.54) is 11.1 Å². The number of nitrogens with zero attached hydrogens (tertiary/aromatic N) is 3. The molecule has 0 saturated heterocycles. The topological polar surface area (TPSA) is 82.3 Å². The van der Waals surface area contributed by atoms with E-state index >= 15 is 0 Å². The Balaban J connectivity index is 1.50. The molecule has 0 radical (unpaired) electrons. The van der Waals surface area contributed by atoms with Crippen molar-refractivity contribution in [1.82, 2.24) is 30.5 Å². The highest BCUT2D eigenvalue weighted by Gasteiger charge is 2.15. The van der Waals surface area contributed by atoms with Crippen LogP contribution in [-0.2, 0) is 0 Å². The molecule has 3 N–H and O–H groups in total. The maximum atomic E-state index is 4.62. The summed E-state index contributed by atoms with van der Waals surface area (Å²) < 4.78 is 0. The Morgan fingerprint density at radius 3 is 2.67 bits per heavy atom. The van der Waals surface area contributed by atoms with Crippen molar-refractivity contribution in [2.75, 3.05) is 13.1 Å². The number of hydrogen-bond donors (Lipinski definition) is 3. The van der Waals surface area contributed by atoms with E-state index in [4.69, 9.17) is 0 Å². The Labute approximate surface area is 173 Å². The van der Waals surface area contributed by atoms with Crippen LogP contribution >= 0.6 is 0 Å². The van der Waals surface area contributed by atoms with Gasteiger partial charge < -0.3 is 10.3 Å². The lowest BCUT2D eigenvalue weighted by atomic mass is 9.98. The molecule has 4 aromatic heterocycles. The molecule has 5 heterocycles. The summed E-state index contributed by atoms with van der Waals surface area (Å²) in [4.78, 5) is 12.1. The maximum Gasteiger partial charge on any atom is 0.138 e. The van der Waals surface area contributed by atoms with Crippen molar-refractivity contribution in [3.05, 3.63) is 72.7 Å². The van der Waals surface area contributed by atoms with Gasteiger partial charge in [-0.2, -0.15) is 5.10 Å². The first-order valence-corrected chi connectivity index (χ1v) is 10.1. The van der Waals surface area contributed by atoms with Crippen molar-refractivity contribution in [2.24, 2.45) is 0 Å². The highest BCUT2D eigenvalue weighted by Crippen LogP contribution is 2.34. The molecule has 1 aliphatic heterocycles. The van der Waals surface area contributed by atoms with Gasteiger partial charge in [0, 0.05) is 35.9 Å². The monoisotopic (exact) mass is 392 g/mol. The van der Waals surface area contributed by atoms with Gasteiger partial charge in [0.05, 0.1) is 11.2 Å². The van der Waals surface area contributed by atoms with Gasteiger partial charge in [-0.3, -0.25) is 10.1 Å². The Hall–Kier alpha value is -3.77. The molecule has 5 aromatic rings. The number of aromatic amines is 2. The lowest BCUT2D eigenvalue weighted by Gasteiger charge is -2.14. The number of pyridine rings is 2. The van der Waals surface area contributed by atoms with E-state index in [2.05, 4.69) is 60.8 Å². The third-order valence-electron chi connectivity index (χ3n) is 5.78. The Kier molecular flexibility index (Phi) is 3.95. The summed E-state index contributed by atoms with van der Waals surface area (Å²) in [6, 6.07) is 14.8. The number of fused-ring (bicyclic) bond motifs is 2. The Bertz CT molecular complexity index is 1390. The summed E-state index contributed by atoms with van der Waals surface area (Å²) in [6.07, 6.45) is 8.78. The van der Waals surface area contributed by atoms with Crippen LogP contribution in [0.25, 0.3) is 50.0 Å². The van der Waals surface area contributed by atoms with Crippen molar-refractivity contribution in [1.29, 1.82) is 0 Å². The molecule has 0 aliphatic carbocycles. The van der Waals surface area contributed by atoms with E-state index in [9.17, 15) is 0 Å². The SMILES string of the molecule is C1=C(c2ccc3[nH]nc(-c4cc5c(-c6ccncc6)ccnc5[nH]4)c3c2)CCNC1. The van der Waals surface area contributed by atoms with Gasteiger partial charge in [0.2, 0.25) is 0 Å². The second kappa shape index (κ2) is 6.93. The quantitative estimate of drug-likeness (QED) is 0.421. The van der Waals surface area contributed by atoms with Crippen molar-refractivity contribution < 1.29 is 0 Å². The van der Waals surface area contributed by atoms with E-state index in [0.717, 1.165) is 64.0 Å². The summed E-state index contributed by atoms with van der Waals surface area (Å²) in [5.41, 5.74) is 8.67. The number of benzene rings is 1. The predicted octanol–water partition coefficient (Wildman–Crippen LogP) is 4.54. The van der Waals surface area contributed by atoms with Crippen LogP contribution in [0.1, 0.15) is 12.0 Å². The third-order valence-corrected chi connectivity index (χ3v) is 5.78. The highest BCUT2D eigenvalue weighted by atomic mass is 15.1. The zero-order valence-corrected chi connectivity index (χ0v) is 16.3. The van der Waals surface area contributed by atoms with Gasteiger partial charge in [-0.15, -0.1) is 0 Å². The minimum atomic E-state index is 0.854. The van der Waals surface area contributed by atoms with Crippen LogP contribution in [0.3, 0.4) is 0 Å². The molecule has 0 atom stereocenters. The summed E-state index contributed by atoms with van der Waals surface area (Å²) in [5, 5.41) is 13.4. The molecule has 30 heavy (non-hydrogen) atoms. The second-order valence-corrected chi connectivity index (χ2v) is 7.56. The molecule has 146 valence electrons. The van der Waals surface area contributed by atoms with Crippen LogP contribution in [-0.4, -0.2) is 38.2 Å². The van der Waals surface area contributed by atoms with Crippen LogP contribution in [0, 0.1) is 0 Å². The van der Waals surface area contributed by atoms with E-state index in [-0.39, 0.29) is 0 Å². The average molecular weight is 392 g/mol. The number of rotatable bonds is 3. The lowest BCUT2D eigenvalue weighted by molar-refractivity contribution is 0.739. The molecule has 0 unspecified atom stereocenters. The third kappa shape index (κ3) is 2.81. The number of H-pyrrole nitrogens is 2. The van der Waals surface area contributed by atoms with Crippen molar-refractivity contribution in [3.63, 3.8) is 0 Å². The van der Waals surface area contributed by atoms with Crippen LogP contribution in [0.2, 0.25) is 0 Å². The largest absolute Gasteiger partial charge is 0.338 e. The van der Waals surface area contributed by atoms with Gasteiger partial charge in [-0.1, -0.05) is 12.1 Å². The van der Waals surface area contributed by atoms with Crippen LogP contribution in [0.4, 0.5) is 0 Å². The Morgan fingerprint density at radius 1 is 0.867 bits per heavy atom. The van der Waals surface area contributed by atoms with Crippen molar-refractivity contribution in [2.45, 2.75) is 6.42 Å². The zero-order chi connectivity index (χ0) is 19.9. The smallest absolute Gasteiger partial charge is 0.138 e. The molecule has 0 amide bonds. The van der Waals surface area contributed by atoms with Gasteiger partial charge >= 0.3 is 0 Å². The first-order valence-electron chi connectivity index (χ1n) is 10.1. The van der Waals surface area contributed by atoms with Crippen molar-refractivity contribution in [3.8, 4) is 22.5 Å². The van der Waals surface area contributed by atoms with Crippen LogP contribution in [0.5, 0.6) is 0 Å². The zero-order valence-electron chi connectivity index (χ0n) is 16.3. The van der Waals surface area contributed by atoms with Gasteiger partial charge in [-0.05, 0) is 71.6 Å². The minimum Gasteiger partial charge on any atom is -0.338 e. The van der Waals surface area contributed by atoms with E-state index in [0.29, 0.717) is 0 Å². The molecule has 1 aliphatic rings. The highest BCUT2D eigenvalue weighted by molar-refractivity contribution is 6.00. The molecule has 0 saturated carbocycles. The van der Waals surface area contributed by atoms with E-state index in [1.54, 1.807) is 0 Å². The number of aromatic nitrogens is 5. The maximum absolute atomic E-state index is 4.62. The lowest BCUT2D eigenvalue weighted by Crippen LogP contribution is -2.19. The Morgan fingerprint density at radius 2 is 1.80 bits per heavy atom. The number of nitrogens with one attached hydrogen (secondary N) is 3. The first-order chi connectivity index (χ1) is 14.9.